The second-order valence-electron chi connectivity index (χ2n) is 3.17. The average Bonchev–Trinajstić information content (AvgIpc) is 2.06. The van der Waals surface area contributed by atoms with Crippen molar-refractivity contribution < 1.29 is 9.50 Å². The molecule has 1 rings (SSSR count). The van der Waals surface area contributed by atoms with Gasteiger partial charge in [0.15, 0.2) is 0 Å². The van der Waals surface area contributed by atoms with E-state index in [1.807, 2.05) is 0 Å². The van der Waals surface area contributed by atoms with E-state index in [1.54, 1.807) is 6.08 Å². The molecule has 0 aliphatic heterocycles. The van der Waals surface area contributed by atoms with Gasteiger partial charge in [-0.25, -0.2) is 4.39 Å². The standard InChI is InChI=1S/C9H15FO/c10-9(7-11)6-8-4-2-1-3-5-8/h6,8,11H,1-5,7H2/b9-6+. The van der Waals surface area contributed by atoms with Crippen molar-refractivity contribution in [3.63, 3.8) is 0 Å². The lowest BCUT2D eigenvalue weighted by molar-refractivity contribution is 0.293. The Morgan fingerprint density at radius 2 is 2.00 bits per heavy atom. The van der Waals surface area contributed by atoms with Crippen LogP contribution in [-0.2, 0) is 0 Å². The van der Waals surface area contributed by atoms with E-state index < -0.39 is 6.61 Å². The van der Waals surface area contributed by atoms with Gasteiger partial charge >= 0.3 is 0 Å². The zero-order valence-corrected chi connectivity index (χ0v) is 6.72. The third-order valence-corrected chi connectivity index (χ3v) is 2.22. The van der Waals surface area contributed by atoms with E-state index in [4.69, 9.17) is 5.11 Å². The third kappa shape index (κ3) is 3.02. The van der Waals surface area contributed by atoms with Gasteiger partial charge in [-0.05, 0) is 24.8 Å². The highest BCUT2D eigenvalue weighted by Gasteiger charge is 2.11. The van der Waals surface area contributed by atoms with Crippen molar-refractivity contribution in [2.45, 2.75) is 32.1 Å². The van der Waals surface area contributed by atoms with Gasteiger partial charge in [-0.15, -0.1) is 0 Å². The van der Waals surface area contributed by atoms with Crippen molar-refractivity contribution in [1.29, 1.82) is 0 Å². The van der Waals surface area contributed by atoms with Gasteiger partial charge in [0.25, 0.3) is 0 Å². The molecule has 1 saturated carbocycles. The zero-order valence-electron chi connectivity index (χ0n) is 6.72. The molecule has 0 unspecified atom stereocenters. The molecule has 1 aliphatic carbocycles. The van der Waals surface area contributed by atoms with Crippen LogP contribution in [0.2, 0.25) is 0 Å². The molecule has 2 heteroatoms. The second kappa shape index (κ2) is 4.50. The summed E-state index contributed by atoms with van der Waals surface area (Å²) in [5, 5.41) is 8.42. The Morgan fingerprint density at radius 3 is 2.55 bits per heavy atom. The van der Waals surface area contributed by atoms with Crippen molar-refractivity contribution >= 4 is 0 Å². The number of allylic oxidation sites excluding steroid dienone is 1. The molecule has 64 valence electrons. The topological polar surface area (TPSA) is 20.2 Å². The summed E-state index contributed by atoms with van der Waals surface area (Å²) in [6.45, 7) is -0.434. The van der Waals surface area contributed by atoms with Crippen molar-refractivity contribution in [2.24, 2.45) is 5.92 Å². The predicted molar refractivity (Wildman–Crippen MR) is 42.9 cm³/mol. The van der Waals surface area contributed by atoms with Crippen molar-refractivity contribution in [3.8, 4) is 0 Å². The molecule has 11 heavy (non-hydrogen) atoms. The van der Waals surface area contributed by atoms with Crippen LogP contribution in [0.4, 0.5) is 4.39 Å². The van der Waals surface area contributed by atoms with Gasteiger partial charge in [0, 0.05) is 0 Å². The molecule has 0 heterocycles. The van der Waals surface area contributed by atoms with Gasteiger partial charge in [-0.1, -0.05) is 19.3 Å². The highest BCUT2D eigenvalue weighted by Crippen LogP contribution is 2.25. The first kappa shape index (κ1) is 8.72. The zero-order chi connectivity index (χ0) is 8.10. The van der Waals surface area contributed by atoms with Gasteiger partial charge in [0.05, 0.1) is 6.61 Å². The number of rotatable bonds is 2. The lowest BCUT2D eigenvalue weighted by Crippen LogP contribution is -2.03. The lowest BCUT2D eigenvalue weighted by Gasteiger charge is -2.17. The summed E-state index contributed by atoms with van der Waals surface area (Å²) in [4.78, 5) is 0. The summed E-state index contributed by atoms with van der Waals surface area (Å²) in [7, 11) is 0. The SMILES string of the molecule is OC/C(F)=C\C1CCCCC1. The molecular weight excluding hydrogens is 143 g/mol. The summed E-state index contributed by atoms with van der Waals surface area (Å²) in [6.07, 6.45) is 7.46. The Morgan fingerprint density at radius 1 is 1.36 bits per heavy atom. The summed E-state index contributed by atoms with van der Waals surface area (Å²) >= 11 is 0. The summed E-state index contributed by atoms with van der Waals surface area (Å²) in [6, 6.07) is 0. The van der Waals surface area contributed by atoms with E-state index in [1.165, 1.54) is 19.3 Å². The Kier molecular flexibility index (Phi) is 3.57. The Hall–Kier alpha value is -0.370. The molecule has 1 N–H and O–H groups in total. The molecule has 0 radical (unpaired) electrons. The van der Waals surface area contributed by atoms with Crippen LogP contribution in [0.15, 0.2) is 11.9 Å². The van der Waals surface area contributed by atoms with Crippen LogP contribution < -0.4 is 0 Å². The highest BCUT2D eigenvalue weighted by molar-refractivity contribution is 4.96. The van der Waals surface area contributed by atoms with Crippen LogP contribution in [0.25, 0.3) is 0 Å². The monoisotopic (exact) mass is 158 g/mol. The largest absolute Gasteiger partial charge is 0.389 e. The Bertz CT molecular complexity index is 136. The number of hydrogen-bond acceptors (Lipinski definition) is 1. The van der Waals surface area contributed by atoms with Gasteiger partial charge in [0.1, 0.15) is 5.83 Å². The maximum atomic E-state index is 12.5. The number of hydrogen-bond donors (Lipinski definition) is 1. The molecule has 0 aromatic carbocycles. The number of halogens is 1. The first-order valence-electron chi connectivity index (χ1n) is 4.30. The van der Waals surface area contributed by atoms with Crippen LogP contribution >= 0.6 is 0 Å². The van der Waals surface area contributed by atoms with E-state index in [2.05, 4.69) is 0 Å². The fourth-order valence-electron chi connectivity index (χ4n) is 1.61. The molecule has 0 atom stereocenters. The van der Waals surface area contributed by atoms with Gasteiger partial charge in [0.2, 0.25) is 0 Å². The smallest absolute Gasteiger partial charge is 0.122 e. The van der Waals surface area contributed by atoms with E-state index in [-0.39, 0.29) is 5.83 Å². The molecule has 1 aliphatic rings. The van der Waals surface area contributed by atoms with E-state index in [9.17, 15) is 4.39 Å². The van der Waals surface area contributed by atoms with Crippen molar-refractivity contribution in [2.75, 3.05) is 6.61 Å². The molecule has 0 amide bonds. The molecule has 0 aromatic heterocycles. The van der Waals surface area contributed by atoms with Crippen LogP contribution in [-0.4, -0.2) is 11.7 Å². The van der Waals surface area contributed by atoms with Crippen molar-refractivity contribution in [1.82, 2.24) is 0 Å². The number of aliphatic hydroxyl groups is 1. The molecule has 0 spiro atoms. The molecule has 0 aromatic rings. The molecule has 0 saturated heterocycles. The van der Waals surface area contributed by atoms with Crippen LogP contribution in [0, 0.1) is 5.92 Å². The Balaban J connectivity index is 2.34. The Labute approximate surface area is 66.9 Å². The summed E-state index contributed by atoms with van der Waals surface area (Å²) in [5.74, 6) is 0.0211. The van der Waals surface area contributed by atoms with E-state index in [0.29, 0.717) is 5.92 Å². The van der Waals surface area contributed by atoms with Gasteiger partial charge < -0.3 is 5.11 Å². The minimum absolute atomic E-state index is 0.364. The average molecular weight is 158 g/mol. The number of aliphatic hydroxyl groups excluding tert-OH is 1. The predicted octanol–water partition coefficient (Wildman–Crippen LogP) is 2.41. The first-order chi connectivity index (χ1) is 5.33. The van der Waals surface area contributed by atoms with E-state index in [0.717, 1.165) is 12.8 Å². The first-order valence-corrected chi connectivity index (χ1v) is 4.30. The fraction of sp³-hybridized carbons (Fsp3) is 0.778. The molecule has 0 bridgehead atoms. The van der Waals surface area contributed by atoms with Crippen molar-refractivity contribution in [3.05, 3.63) is 11.9 Å². The lowest BCUT2D eigenvalue weighted by atomic mass is 9.89. The van der Waals surface area contributed by atoms with Crippen LogP contribution in [0.3, 0.4) is 0 Å². The molecule has 1 fully saturated rings. The van der Waals surface area contributed by atoms with Gasteiger partial charge in [-0.2, -0.15) is 0 Å². The maximum Gasteiger partial charge on any atom is 0.122 e. The third-order valence-electron chi connectivity index (χ3n) is 2.22. The summed E-state index contributed by atoms with van der Waals surface area (Å²) in [5.41, 5.74) is 0. The minimum Gasteiger partial charge on any atom is -0.389 e. The maximum absolute atomic E-state index is 12.5. The normalized spacial score (nSPS) is 22.2. The van der Waals surface area contributed by atoms with Crippen LogP contribution in [0.5, 0.6) is 0 Å². The molecular formula is C9H15FO. The van der Waals surface area contributed by atoms with Gasteiger partial charge in [-0.3, -0.25) is 0 Å². The fourth-order valence-corrected chi connectivity index (χ4v) is 1.61. The quantitative estimate of drug-likeness (QED) is 0.654. The molecule has 1 nitrogen and oxygen atoms in total. The minimum atomic E-state index is -0.434. The highest BCUT2D eigenvalue weighted by atomic mass is 19.1. The summed E-state index contributed by atoms with van der Waals surface area (Å²) < 4.78 is 12.5. The van der Waals surface area contributed by atoms with E-state index >= 15 is 0 Å². The second-order valence-corrected chi connectivity index (χ2v) is 3.17. The van der Waals surface area contributed by atoms with Crippen LogP contribution in [0.1, 0.15) is 32.1 Å².